The molecule has 3 heteroatoms. The van der Waals surface area contributed by atoms with Gasteiger partial charge in [-0.25, -0.2) is 0 Å². The van der Waals surface area contributed by atoms with Crippen LogP contribution in [0.2, 0.25) is 5.02 Å². The monoisotopic (exact) mass is 276 g/mol. The molecule has 0 heterocycles. The molecule has 0 aromatic heterocycles. The van der Waals surface area contributed by atoms with Gasteiger partial charge in [0.2, 0.25) is 0 Å². The molecule has 1 atom stereocenters. The van der Waals surface area contributed by atoms with Gasteiger partial charge in [-0.05, 0) is 35.7 Å². The average Bonchev–Trinajstić information content (AvgIpc) is 2.47. The third-order valence-corrected chi connectivity index (χ3v) is 3.60. The summed E-state index contributed by atoms with van der Waals surface area (Å²) < 4.78 is 5.14. The maximum atomic E-state index is 9.58. The topological polar surface area (TPSA) is 29.5 Å². The van der Waals surface area contributed by atoms with Crippen molar-refractivity contribution in [3.8, 4) is 5.75 Å². The second-order valence-corrected chi connectivity index (χ2v) is 4.86. The number of benzene rings is 2. The largest absolute Gasteiger partial charge is 0.497 e. The molecule has 2 aromatic rings. The summed E-state index contributed by atoms with van der Waals surface area (Å²) in [5.74, 6) is 0.865. The minimum atomic E-state index is 0.0470. The summed E-state index contributed by atoms with van der Waals surface area (Å²) in [6, 6.07) is 15.5. The second-order valence-electron chi connectivity index (χ2n) is 4.45. The third-order valence-electron chi connectivity index (χ3n) is 3.23. The third kappa shape index (κ3) is 3.49. The average molecular weight is 277 g/mol. The predicted octanol–water partition coefficient (Wildman–Crippen LogP) is 3.67. The Bertz CT molecular complexity index is 523. The van der Waals surface area contributed by atoms with E-state index in [2.05, 4.69) is 0 Å². The van der Waals surface area contributed by atoms with Crippen LogP contribution in [0, 0.1) is 0 Å². The minimum absolute atomic E-state index is 0.0470. The minimum Gasteiger partial charge on any atom is -0.497 e. The van der Waals surface area contributed by atoms with E-state index in [1.807, 2.05) is 48.5 Å². The van der Waals surface area contributed by atoms with E-state index in [0.29, 0.717) is 0 Å². The van der Waals surface area contributed by atoms with Crippen LogP contribution < -0.4 is 4.74 Å². The van der Waals surface area contributed by atoms with Crippen LogP contribution in [0.15, 0.2) is 48.5 Å². The van der Waals surface area contributed by atoms with Crippen LogP contribution in [-0.2, 0) is 6.42 Å². The van der Waals surface area contributed by atoms with Crippen molar-refractivity contribution in [2.75, 3.05) is 13.7 Å². The van der Waals surface area contributed by atoms with Crippen molar-refractivity contribution >= 4 is 11.6 Å². The number of rotatable bonds is 5. The molecule has 0 saturated heterocycles. The molecular formula is C16H17ClO2. The first-order valence-electron chi connectivity index (χ1n) is 6.23. The van der Waals surface area contributed by atoms with Gasteiger partial charge in [0.05, 0.1) is 13.7 Å². The first kappa shape index (κ1) is 13.9. The summed E-state index contributed by atoms with van der Waals surface area (Å²) in [6.07, 6.45) is 0.725. The van der Waals surface area contributed by atoms with E-state index in [0.717, 1.165) is 28.3 Å². The quantitative estimate of drug-likeness (QED) is 0.903. The molecule has 100 valence electrons. The van der Waals surface area contributed by atoms with E-state index in [4.69, 9.17) is 16.3 Å². The van der Waals surface area contributed by atoms with E-state index in [9.17, 15) is 5.11 Å². The van der Waals surface area contributed by atoms with Crippen LogP contribution in [-0.4, -0.2) is 18.8 Å². The molecule has 1 unspecified atom stereocenters. The van der Waals surface area contributed by atoms with Gasteiger partial charge < -0.3 is 9.84 Å². The molecular weight excluding hydrogens is 260 g/mol. The summed E-state index contributed by atoms with van der Waals surface area (Å²) in [6.45, 7) is 0.0948. The van der Waals surface area contributed by atoms with Gasteiger partial charge in [-0.3, -0.25) is 0 Å². The fourth-order valence-corrected chi connectivity index (χ4v) is 2.31. The van der Waals surface area contributed by atoms with Gasteiger partial charge in [-0.1, -0.05) is 41.9 Å². The SMILES string of the molecule is COc1ccc(C(CO)Cc2ccccc2Cl)cc1. The smallest absolute Gasteiger partial charge is 0.118 e. The molecule has 0 amide bonds. The van der Waals surface area contributed by atoms with Crippen molar-refractivity contribution in [2.24, 2.45) is 0 Å². The molecule has 1 N–H and O–H groups in total. The molecule has 2 nitrogen and oxygen atoms in total. The number of halogens is 1. The van der Waals surface area contributed by atoms with E-state index >= 15 is 0 Å². The molecule has 0 bridgehead atoms. The Morgan fingerprint density at radius 3 is 2.37 bits per heavy atom. The molecule has 0 radical (unpaired) electrons. The fourth-order valence-electron chi connectivity index (χ4n) is 2.09. The zero-order valence-electron chi connectivity index (χ0n) is 10.8. The van der Waals surface area contributed by atoms with Crippen molar-refractivity contribution in [1.29, 1.82) is 0 Å². The highest BCUT2D eigenvalue weighted by Gasteiger charge is 2.13. The van der Waals surface area contributed by atoms with Crippen LogP contribution in [0.3, 0.4) is 0 Å². The van der Waals surface area contributed by atoms with Gasteiger partial charge in [-0.15, -0.1) is 0 Å². The molecule has 0 aliphatic heterocycles. The Kier molecular flexibility index (Phi) is 4.83. The highest BCUT2D eigenvalue weighted by Crippen LogP contribution is 2.26. The Hall–Kier alpha value is -1.51. The van der Waals surface area contributed by atoms with Crippen molar-refractivity contribution < 1.29 is 9.84 Å². The number of ether oxygens (including phenoxy) is 1. The van der Waals surface area contributed by atoms with Gasteiger partial charge in [0.25, 0.3) is 0 Å². The lowest BCUT2D eigenvalue weighted by molar-refractivity contribution is 0.264. The maximum Gasteiger partial charge on any atom is 0.118 e. The van der Waals surface area contributed by atoms with Crippen molar-refractivity contribution in [3.63, 3.8) is 0 Å². The van der Waals surface area contributed by atoms with E-state index in [-0.39, 0.29) is 12.5 Å². The molecule has 2 aromatic carbocycles. The lowest BCUT2D eigenvalue weighted by atomic mass is 9.92. The molecule has 0 aliphatic rings. The van der Waals surface area contributed by atoms with Gasteiger partial charge >= 0.3 is 0 Å². The first-order chi connectivity index (χ1) is 9.24. The normalized spacial score (nSPS) is 12.2. The number of methoxy groups -OCH3 is 1. The van der Waals surface area contributed by atoms with Crippen molar-refractivity contribution in [1.82, 2.24) is 0 Å². The van der Waals surface area contributed by atoms with E-state index < -0.39 is 0 Å². The number of hydrogen-bond donors (Lipinski definition) is 1. The van der Waals surface area contributed by atoms with Crippen molar-refractivity contribution in [2.45, 2.75) is 12.3 Å². The lowest BCUT2D eigenvalue weighted by Crippen LogP contribution is -2.08. The Morgan fingerprint density at radius 1 is 1.11 bits per heavy atom. The lowest BCUT2D eigenvalue weighted by Gasteiger charge is -2.16. The summed E-state index contributed by atoms with van der Waals surface area (Å²) in [5, 5.41) is 10.3. The Morgan fingerprint density at radius 2 is 1.79 bits per heavy atom. The highest BCUT2D eigenvalue weighted by atomic mass is 35.5. The van der Waals surface area contributed by atoms with Crippen LogP contribution in [0.1, 0.15) is 17.0 Å². The number of aliphatic hydroxyl groups excluding tert-OH is 1. The van der Waals surface area contributed by atoms with E-state index in [1.54, 1.807) is 7.11 Å². The molecule has 19 heavy (non-hydrogen) atoms. The molecule has 0 saturated carbocycles. The molecule has 0 spiro atoms. The van der Waals surface area contributed by atoms with E-state index in [1.165, 1.54) is 0 Å². The maximum absolute atomic E-state index is 9.58. The summed E-state index contributed by atoms with van der Waals surface area (Å²) in [5.41, 5.74) is 2.14. The molecule has 0 fully saturated rings. The first-order valence-corrected chi connectivity index (χ1v) is 6.60. The zero-order valence-corrected chi connectivity index (χ0v) is 11.6. The van der Waals surface area contributed by atoms with Crippen LogP contribution in [0.25, 0.3) is 0 Å². The van der Waals surface area contributed by atoms with Crippen molar-refractivity contribution in [3.05, 3.63) is 64.7 Å². The summed E-state index contributed by atoms with van der Waals surface area (Å²) in [7, 11) is 1.64. The van der Waals surface area contributed by atoms with Crippen LogP contribution in [0.4, 0.5) is 0 Å². The van der Waals surface area contributed by atoms with Gasteiger partial charge in [0.1, 0.15) is 5.75 Å². The zero-order chi connectivity index (χ0) is 13.7. The Balaban J connectivity index is 2.17. The highest BCUT2D eigenvalue weighted by molar-refractivity contribution is 6.31. The Labute approximate surface area is 118 Å². The standard InChI is InChI=1S/C16H17ClO2/c1-19-15-8-6-12(7-9-15)14(11-18)10-13-4-2-3-5-16(13)17/h2-9,14,18H,10-11H2,1H3. The molecule has 2 rings (SSSR count). The van der Waals surface area contributed by atoms with Crippen LogP contribution in [0.5, 0.6) is 5.75 Å². The second kappa shape index (κ2) is 6.60. The summed E-state index contributed by atoms with van der Waals surface area (Å²) in [4.78, 5) is 0. The van der Waals surface area contributed by atoms with Gasteiger partial charge in [0, 0.05) is 10.9 Å². The van der Waals surface area contributed by atoms with Gasteiger partial charge in [0.15, 0.2) is 0 Å². The number of hydrogen-bond acceptors (Lipinski definition) is 2. The number of aliphatic hydroxyl groups is 1. The van der Waals surface area contributed by atoms with Crippen LogP contribution >= 0.6 is 11.6 Å². The fraction of sp³-hybridized carbons (Fsp3) is 0.250. The van der Waals surface area contributed by atoms with Gasteiger partial charge in [-0.2, -0.15) is 0 Å². The predicted molar refractivity (Wildman–Crippen MR) is 78.0 cm³/mol. The molecule has 0 aliphatic carbocycles. The summed E-state index contributed by atoms with van der Waals surface area (Å²) >= 11 is 6.16.